The fraction of sp³-hybridized carbons (Fsp3) is 0.278. The molecule has 5 heteroatoms. The van der Waals surface area contributed by atoms with E-state index in [9.17, 15) is 0 Å². The molecule has 1 fully saturated rings. The Labute approximate surface area is 136 Å². The minimum atomic E-state index is 0.492. The molecule has 0 bridgehead atoms. The number of hydrogen-bond acceptors (Lipinski definition) is 3. The molecule has 1 saturated heterocycles. The Morgan fingerprint density at radius 1 is 1.04 bits per heavy atom. The van der Waals surface area contributed by atoms with Crippen molar-refractivity contribution in [2.75, 3.05) is 26.3 Å². The van der Waals surface area contributed by atoms with E-state index in [2.05, 4.69) is 4.99 Å². The average molecular weight is 311 g/mol. The van der Waals surface area contributed by atoms with Crippen LogP contribution in [0.4, 0.5) is 0 Å². The number of benzene rings is 2. The van der Waals surface area contributed by atoms with Gasteiger partial charge in [-0.2, -0.15) is 0 Å². The normalized spacial score (nSPS) is 15.5. The SMILES string of the molecule is NC(=NCc1ccccc1Oc1ccccc1)N1CCOCC1. The van der Waals surface area contributed by atoms with E-state index in [1.807, 2.05) is 59.5 Å². The Kier molecular flexibility index (Phi) is 5.11. The zero-order chi connectivity index (χ0) is 15.9. The zero-order valence-electron chi connectivity index (χ0n) is 13.0. The highest BCUT2D eigenvalue weighted by Crippen LogP contribution is 2.25. The largest absolute Gasteiger partial charge is 0.457 e. The monoisotopic (exact) mass is 311 g/mol. The number of morpholine rings is 1. The molecule has 0 atom stereocenters. The van der Waals surface area contributed by atoms with Crippen molar-refractivity contribution < 1.29 is 9.47 Å². The van der Waals surface area contributed by atoms with Crippen LogP contribution in [0.25, 0.3) is 0 Å². The highest BCUT2D eigenvalue weighted by Gasteiger charge is 2.12. The van der Waals surface area contributed by atoms with Crippen LogP contribution in [0.15, 0.2) is 59.6 Å². The fourth-order valence-electron chi connectivity index (χ4n) is 2.41. The van der Waals surface area contributed by atoms with Crippen LogP contribution in [-0.4, -0.2) is 37.2 Å². The highest BCUT2D eigenvalue weighted by molar-refractivity contribution is 5.78. The second-order valence-corrected chi connectivity index (χ2v) is 5.30. The standard InChI is InChI=1S/C18H21N3O2/c19-18(21-10-12-22-13-11-21)20-14-15-6-4-5-9-17(15)23-16-7-2-1-3-8-16/h1-9H,10-14H2,(H2,19,20). The molecule has 0 spiro atoms. The number of guanidine groups is 1. The second kappa shape index (κ2) is 7.65. The molecule has 2 aromatic rings. The first-order valence-corrected chi connectivity index (χ1v) is 7.76. The lowest BCUT2D eigenvalue weighted by molar-refractivity contribution is 0.0674. The smallest absolute Gasteiger partial charge is 0.191 e. The van der Waals surface area contributed by atoms with Gasteiger partial charge in [-0.15, -0.1) is 0 Å². The lowest BCUT2D eigenvalue weighted by Gasteiger charge is -2.27. The maximum absolute atomic E-state index is 6.08. The number of para-hydroxylation sites is 2. The van der Waals surface area contributed by atoms with Gasteiger partial charge in [0.25, 0.3) is 0 Å². The molecule has 1 aliphatic rings. The Morgan fingerprint density at radius 3 is 2.52 bits per heavy atom. The number of aliphatic imine (C=N–C) groups is 1. The van der Waals surface area contributed by atoms with Crippen molar-refractivity contribution in [3.8, 4) is 11.5 Å². The van der Waals surface area contributed by atoms with Gasteiger partial charge in [0.15, 0.2) is 5.96 Å². The average Bonchev–Trinajstić information content (AvgIpc) is 2.62. The third kappa shape index (κ3) is 4.23. The van der Waals surface area contributed by atoms with Crippen molar-refractivity contribution >= 4 is 5.96 Å². The first-order chi connectivity index (χ1) is 11.3. The van der Waals surface area contributed by atoms with Gasteiger partial charge in [0.2, 0.25) is 0 Å². The molecule has 1 aliphatic heterocycles. The van der Waals surface area contributed by atoms with Crippen LogP contribution in [0, 0.1) is 0 Å². The number of hydrogen-bond donors (Lipinski definition) is 1. The summed E-state index contributed by atoms with van der Waals surface area (Å²) in [5, 5.41) is 0. The molecule has 0 aliphatic carbocycles. The van der Waals surface area contributed by atoms with Gasteiger partial charge in [0.05, 0.1) is 19.8 Å². The van der Waals surface area contributed by atoms with E-state index >= 15 is 0 Å². The number of ether oxygens (including phenoxy) is 2. The van der Waals surface area contributed by atoms with Gasteiger partial charge in [0.1, 0.15) is 11.5 Å². The molecule has 1 heterocycles. The van der Waals surface area contributed by atoms with Crippen LogP contribution in [-0.2, 0) is 11.3 Å². The third-order valence-electron chi connectivity index (χ3n) is 3.69. The number of nitrogens with zero attached hydrogens (tertiary/aromatic N) is 2. The fourth-order valence-corrected chi connectivity index (χ4v) is 2.41. The highest BCUT2D eigenvalue weighted by atomic mass is 16.5. The molecular formula is C18H21N3O2. The van der Waals surface area contributed by atoms with E-state index in [1.54, 1.807) is 0 Å². The van der Waals surface area contributed by atoms with Crippen molar-refractivity contribution in [2.45, 2.75) is 6.54 Å². The van der Waals surface area contributed by atoms with Gasteiger partial charge in [-0.1, -0.05) is 36.4 Å². The summed E-state index contributed by atoms with van der Waals surface area (Å²) >= 11 is 0. The molecule has 23 heavy (non-hydrogen) atoms. The predicted octanol–water partition coefficient (Wildman–Crippen LogP) is 2.63. The maximum atomic E-state index is 6.08. The van der Waals surface area contributed by atoms with Crippen molar-refractivity contribution in [1.82, 2.24) is 4.90 Å². The molecule has 0 unspecified atom stereocenters. The van der Waals surface area contributed by atoms with Crippen LogP contribution >= 0.6 is 0 Å². The Morgan fingerprint density at radius 2 is 1.74 bits per heavy atom. The molecule has 2 aromatic carbocycles. The third-order valence-corrected chi connectivity index (χ3v) is 3.69. The van der Waals surface area contributed by atoms with Crippen LogP contribution < -0.4 is 10.5 Å². The Balaban J connectivity index is 1.70. The summed E-state index contributed by atoms with van der Waals surface area (Å²) in [4.78, 5) is 6.55. The summed E-state index contributed by atoms with van der Waals surface area (Å²) in [6, 6.07) is 17.6. The molecule has 5 nitrogen and oxygen atoms in total. The minimum Gasteiger partial charge on any atom is -0.457 e. The van der Waals surface area contributed by atoms with Crippen LogP contribution in [0.3, 0.4) is 0 Å². The van der Waals surface area contributed by atoms with Gasteiger partial charge in [-0.05, 0) is 18.2 Å². The maximum Gasteiger partial charge on any atom is 0.191 e. The topological polar surface area (TPSA) is 60.1 Å². The van der Waals surface area contributed by atoms with Crippen molar-refractivity contribution in [3.63, 3.8) is 0 Å². The molecule has 0 amide bonds. The summed E-state index contributed by atoms with van der Waals surface area (Å²) in [7, 11) is 0. The van der Waals surface area contributed by atoms with Crippen molar-refractivity contribution in [1.29, 1.82) is 0 Å². The quantitative estimate of drug-likeness (QED) is 0.696. The molecule has 0 aromatic heterocycles. The van der Waals surface area contributed by atoms with Gasteiger partial charge >= 0.3 is 0 Å². The Hall–Kier alpha value is -2.53. The first-order valence-electron chi connectivity index (χ1n) is 7.76. The summed E-state index contributed by atoms with van der Waals surface area (Å²) in [6.45, 7) is 3.47. The van der Waals surface area contributed by atoms with E-state index in [-0.39, 0.29) is 0 Å². The summed E-state index contributed by atoms with van der Waals surface area (Å²) in [5.41, 5.74) is 7.09. The van der Waals surface area contributed by atoms with E-state index in [1.165, 1.54) is 0 Å². The van der Waals surface area contributed by atoms with Crippen LogP contribution in [0.5, 0.6) is 11.5 Å². The minimum absolute atomic E-state index is 0.492. The van der Waals surface area contributed by atoms with E-state index in [4.69, 9.17) is 15.2 Å². The number of nitrogens with two attached hydrogens (primary N) is 1. The molecule has 0 saturated carbocycles. The second-order valence-electron chi connectivity index (χ2n) is 5.30. The summed E-state index contributed by atoms with van der Waals surface area (Å²) < 4.78 is 11.3. The molecule has 120 valence electrons. The molecular weight excluding hydrogens is 290 g/mol. The van der Waals surface area contributed by atoms with E-state index in [0.29, 0.717) is 25.7 Å². The number of rotatable bonds is 4. The summed E-state index contributed by atoms with van der Waals surface area (Å²) in [5.74, 6) is 2.17. The van der Waals surface area contributed by atoms with Gasteiger partial charge in [0, 0.05) is 18.7 Å². The zero-order valence-corrected chi connectivity index (χ0v) is 13.0. The first kappa shape index (κ1) is 15.4. The summed E-state index contributed by atoms with van der Waals surface area (Å²) in [6.07, 6.45) is 0. The lowest BCUT2D eigenvalue weighted by atomic mass is 10.2. The van der Waals surface area contributed by atoms with Gasteiger partial charge < -0.3 is 20.1 Å². The van der Waals surface area contributed by atoms with Crippen LogP contribution in [0.2, 0.25) is 0 Å². The van der Waals surface area contributed by atoms with E-state index < -0.39 is 0 Å². The Bertz CT molecular complexity index is 652. The van der Waals surface area contributed by atoms with Crippen LogP contribution in [0.1, 0.15) is 5.56 Å². The van der Waals surface area contributed by atoms with Crippen molar-refractivity contribution in [2.24, 2.45) is 10.7 Å². The molecule has 2 N–H and O–H groups in total. The molecule has 3 rings (SSSR count). The van der Waals surface area contributed by atoms with Gasteiger partial charge in [-0.25, -0.2) is 4.99 Å². The van der Waals surface area contributed by atoms with Crippen molar-refractivity contribution in [3.05, 3.63) is 60.2 Å². The predicted molar refractivity (Wildman–Crippen MR) is 90.7 cm³/mol. The van der Waals surface area contributed by atoms with E-state index in [0.717, 1.165) is 30.2 Å². The lowest BCUT2D eigenvalue weighted by Crippen LogP contribution is -2.44. The molecule has 0 radical (unpaired) electrons. The van der Waals surface area contributed by atoms with Gasteiger partial charge in [-0.3, -0.25) is 0 Å².